The van der Waals surface area contributed by atoms with Crippen LogP contribution in [0.25, 0.3) is 0 Å². The van der Waals surface area contributed by atoms with Gasteiger partial charge in [-0.25, -0.2) is 0 Å². The fourth-order valence-corrected chi connectivity index (χ4v) is 2.96. The Labute approximate surface area is 142 Å². The SMILES string of the molecule is CC.COc1ccc2c(c1)C(ON=O)(c1ccc(C(C)O)cc1)C2. The van der Waals surface area contributed by atoms with Crippen LogP contribution in [0.5, 0.6) is 5.75 Å². The van der Waals surface area contributed by atoms with E-state index in [0.29, 0.717) is 12.2 Å². The first-order chi connectivity index (χ1) is 11.6. The molecular formula is C19H23NO4. The zero-order chi connectivity index (χ0) is 17.7. The van der Waals surface area contributed by atoms with Gasteiger partial charge in [0.2, 0.25) is 0 Å². The normalized spacial score (nSPS) is 19.0. The topological polar surface area (TPSA) is 68.1 Å². The monoisotopic (exact) mass is 329 g/mol. The second-order valence-electron chi connectivity index (χ2n) is 5.49. The summed E-state index contributed by atoms with van der Waals surface area (Å²) in [5.41, 5.74) is 2.75. The van der Waals surface area contributed by atoms with E-state index in [4.69, 9.17) is 9.57 Å². The van der Waals surface area contributed by atoms with E-state index in [1.807, 2.05) is 56.3 Å². The van der Waals surface area contributed by atoms with Crippen molar-refractivity contribution in [3.8, 4) is 5.75 Å². The molecular weight excluding hydrogens is 306 g/mol. The van der Waals surface area contributed by atoms with E-state index >= 15 is 0 Å². The maximum atomic E-state index is 10.8. The van der Waals surface area contributed by atoms with Crippen LogP contribution >= 0.6 is 0 Å². The van der Waals surface area contributed by atoms with Crippen molar-refractivity contribution in [2.45, 2.75) is 38.9 Å². The Morgan fingerprint density at radius 1 is 1.17 bits per heavy atom. The highest BCUT2D eigenvalue weighted by Gasteiger charge is 2.48. The second kappa shape index (κ2) is 7.45. The van der Waals surface area contributed by atoms with E-state index in [-0.39, 0.29) is 0 Å². The van der Waals surface area contributed by atoms with Crippen molar-refractivity contribution < 1.29 is 14.7 Å². The summed E-state index contributed by atoms with van der Waals surface area (Å²) >= 11 is 0. The molecule has 0 aliphatic heterocycles. The maximum Gasteiger partial charge on any atom is 0.195 e. The molecule has 3 rings (SSSR count). The molecule has 1 aliphatic rings. The van der Waals surface area contributed by atoms with Crippen LogP contribution in [-0.2, 0) is 16.9 Å². The van der Waals surface area contributed by atoms with Crippen LogP contribution in [0.3, 0.4) is 0 Å². The molecule has 0 saturated carbocycles. The van der Waals surface area contributed by atoms with E-state index in [1.165, 1.54) is 0 Å². The molecule has 5 nitrogen and oxygen atoms in total. The van der Waals surface area contributed by atoms with Gasteiger partial charge in [0.1, 0.15) is 5.75 Å². The van der Waals surface area contributed by atoms with Crippen molar-refractivity contribution in [3.05, 3.63) is 69.6 Å². The summed E-state index contributed by atoms with van der Waals surface area (Å²) in [5, 5.41) is 12.3. The number of hydrogen-bond acceptors (Lipinski definition) is 5. The maximum absolute atomic E-state index is 10.8. The lowest BCUT2D eigenvalue weighted by Gasteiger charge is -2.41. The first-order valence-electron chi connectivity index (χ1n) is 8.07. The molecule has 0 fully saturated rings. The lowest BCUT2D eigenvalue weighted by molar-refractivity contribution is -0.0364. The number of rotatable bonds is 5. The molecule has 2 atom stereocenters. The molecule has 2 aromatic rings. The Kier molecular flexibility index (Phi) is 5.57. The van der Waals surface area contributed by atoms with Crippen LogP contribution < -0.4 is 4.74 Å². The average Bonchev–Trinajstić information content (AvgIpc) is 2.61. The molecule has 0 bridgehead atoms. The summed E-state index contributed by atoms with van der Waals surface area (Å²) in [6.45, 7) is 5.71. The van der Waals surface area contributed by atoms with E-state index < -0.39 is 11.7 Å². The van der Waals surface area contributed by atoms with Gasteiger partial charge in [-0.1, -0.05) is 44.2 Å². The summed E-state index contributed by atoms with van der Waals surface area (Å²) in [6.07, 6.45) is 0.0374. The van der Waals surface area contributed by atoms with Crippen molar-refractivity contribution in [1.82, 2.24) is 0 Å². The lowest BCUT2D eigenvalue weighted by atomic mass is 9.69. The van der Waals surface area contributed by atoms with Gasteiger partial charge >= 0.3 is 0 Å². The molecule has 24 heavy (non-hydrogen) atoms. The zero-order valence-corrected chi connectivity index (χ0v) is 14.4. The Bertz CT molecular complexity index is 697. The van der Waals surface area contributed by atoms with Gasteiger partial charge < -0.3 is 14.7 Å². The smallest absolute Gasteiger partial charge is 0.195 e. The predicted molar refractivity (Wildman–Crippen MR) is 92.8 cm³/mol. The molecule has 0 heterocycles. The van der Waals surface area contributed by atoms with Crippen molar-refractivity contribution in [3.63, 3.8) is 0 Å². The van der Waals surface area contributed by atoms with Crippen molar-refractivity contribution in [1.29, 1.82) is 0 Å². The zero-order valence-electron chi connectivity index (χ0n) is 14.4. The van der Waals surface area contributed by atoms with Gasteiger partial charge in [0.15, 0.2) is 10.9 Å². The van der Waals surface area contributed by atoms with Gasteiger partial charge in [0.25, 0.3) is 0 Å². The fraction of sp³-hybridized carbons (Fsp3) is 0.368. The molecule has 0 radical (unpaired) electrons. The number of nitrogens with zero attached hydrogens (tertiary/aromatic N) is 1. The van der Waals surface area contributed by atoms with Gasteiger partial charge in [-0.05, 0) is 30.2 Å². The lowest BCUT2D eigenvalue weighted by Crippen LogP contribution is -2.41. The summed E-state index contributed by atoms with van der Waals surface area (Å²) in [7, 11) is 1.60. The van der Waals surface area contributed by atoms with E-state index in [2.05, 4.69) is 5.34 Å². The summed E-state index contributed by atoms with van der Waals surface area (Å²) < 4.78 is 5.24. The number of ether oxygens (including phenoxy) is 1. The average molecular weight is 329 g/mol. The van der Waals surface area contributed by atoms with Gasteiger partial charge in [0, 0.05) is 17.5 Å². The van der Waals surface area contributed by atoms with Gasteiger partial charge in [-0.15, -0.1) is 4.91 Å². The predicted octanol–water partition coefficient (Wildman–Crippen LogP) is 4.27. The molecule has 0 spiro atoms. The molecule has 2 unspecified atom stereocenters. The third-order valence-corrected chi connectivity index (χ3v) is 4.24. The molecule has 128 valence electrons. The Morgan fingerprint density at radius 2 is 1.83 bits per heavy atom. The summed E-state index contributed by atoms with van der Waals surface area (Å²) in [4.78, 5) is 16.0. The summed E-state index contributed by atoms with van der Waals surface area (Å²) in [5.74, 6) is 0.706. The number of hydrogen-bond donors (Lipinski definition) is 1. The van der Waals surface area contributed by atoms with Gasteiger partial charge in [-0.3, -0.25) is 0 Å². The minimum Gasteiger partial charge on any atom is -0.497 e. The molecule has 0 aromatic heterocycles. The second-order valence-corrected chi connectivity index (χ2v) is 5.49. The molecule has 1 aliphatic carbocycles. The van der Waals surface area contributed by atoms with Crippen LogP contribution in [0.15, 0.2) is 47.8 Å². The standard InChI is InChI=1S/C17H17NO4.C2H6/c1-11(19)12-3-6-14(7-4-12)17(22-18-20)10-13-5-8-15(21-2)9-16(13)17;1-2/h3-9,11,19H,10H2,1-2H3;1-2H3. The molecule has 0 amide bonds. The first-order valence-corrected chi connectivity index (χ1v) is 8.07. The highest BCUT2D eigenvalue weighted by Crippen LogP contribution is 2.48. The molecule has 1 N–H and O–H groups in total. The van der Waals surface area contributed by atoms with Crippen LogP contribution in [0.2, 0.25) is 0 Å². The number of aliphatic hydroxyl groups is 1. The highest BCUT2D eigenvalue weighted by atomic mass is 16.7. The number of benzene rings is 2. The van der Waals surface area contributed by atoms with Crippen molar-refractivity contribution in [2.75, 3.05) is 7.11 Å². The molecule has 2 aromatic carbocycles. The fourth-order valence-electron chi connectivity index (χ4n) is 2.96. The van der Waals surface area contributed by atoms with E-state index in [0.717, 1.165) is 22.3 Å². The van der Waals surface area contributed by atoms with Crippen LogP contribution in [0, 0.1) is 4.91 Å². The first kappa shape index (κ1) is 17.9. The third kappa shape index (κ3) is 2.99. The minimum atomic E-state index is -0.872. The number of methoxy groups -OCH3 is 1. The minimum absolute atomic E-state index is 0.538. The molecule has 5 heteroatoms. The van der Waals surface area contributed by atoms with Gasteiger partial charge in [-0.2, -0.15) is 0 Å². The van der Waals surface area contributed by atoms with Crippen LogP contribution in [0.4, 0.5) is 0 Å². The Morgan fingerprint density at radius 3 is 2.38 bits per heavy atom. The van der Waals surface area contributed by atoms with Gasteiger partial charge in [0.05, 0.1) is 13.2 Å². The van der Waals surface area contributed by atoms with E-state index in [1.54, 1.807) is 14.0 Å². The Hall–Kier alpha value is -2.40. The quantitative estimate of drug-likeness (QED) is 0.657. The highest BCUT2D eigenvalue weighted by molar-refractivity contribution is 5.54. The summed E-state index contributed by atoms with van der Waals surface area (Å²) in [6, 6.07) is 13.1. The number of aliphatic hydroxyl groups excluding tert-OH is 1. The largest absolute Gasteiger partial charge is 0.497 e. The molecule has 0 saturated heterocycles. The number of fused-ring (bicyclic) bond motifs is 1. The van der Waals surface area contributed by atoms with Crippen LogP contribution in [0.1, 0.15) is 49.1 Å². The Balaban J connectivity index is 0.00000100. The van der Waals surface area contributed by atoms with Crippen molar-refractivity contribution in [2.24, 2.45) is 5.34 Å². The van der Waals surface area contributed by atoms with E-state index in [9.17, 15) is 10.0 Å². The van der Waals surface area contributed by atoms with Crippen molar-refractivity contribution >= 4 is 0 Å². The van der Waals surface area contributed by atoms with Crippen LogP contribution in [-0.4, -0.2) is 12.2 Å². The third-order valence-electron chi connectivity index (χ3n) is 4.24.